The summed E-state index contributed by atoms with van der Waals surface area (Å²) < 4.78 is 7.23. The summed E-state index contributed by atoms with van der Waals surface area (Å²) in [6.45, 7) is 6.36. The third kappa shape index (κ3) is 2.86. The van der Waals surface area contributed by atoms with Crippen LogP contribution < -0.4 is 5.32 Å². The standard InChI is InChI=1S/C17H24N4O5/c1-8(2)15(24)20-10-5-21(14-12(10)9(3)18-7-19-14)16-17(4,25)13(23)11(6-22)26-16/h5,7-8,11,13,16,22-23,25H,6H2,1-4H3,(H,20,24). The molecule has 0 bridgehead atoms. The van der Waals surface area contributed by atoms with Gasteiger partial charge in [-0.05, 0) is 13.8 Å². The van der Waals surface area contributed by atoms with Crippen LogP contribution in [0, 0.1) is 12.8 Å². The molecule has 3 heterocycles. The lowest BCUT2D eigenvalue weighted by atomic mass is 9.96. The first-order chi connectivity index (χ1) is 12.2. The van der Waals surface area contributed by atoms with Gasteiger partial charge in [0.2, 0.25) is 5.91 Å². The highest BCUT2D eigenvalue weighted by Gasteiger charge is 2.53. The molecule has 2 aromatic rings. The molecule has 9 nitrogen and oxygen atoms in total. The summed E-state index contributed by atoms with van der Waals surface area (Å²) in [7, 11) is 0. The van der Waals surface area contributed by atoms with Gasteiger partial charge in [-0.1, -0.05) is 13.8 Å². The summed E-state index contributed by atoms with van der Waals surface area (Å²) >= 11 is 0. The Bertz CT molecular complexity index is 832. The van der Waals surface area contributed by atoms with E-state index in [0.29, 0.717) is 22.4 Å². The number of rotatable bonds is 4. The monoisotopic (exact) mass is 364 g/mol. The van der Waals surface area contributed by atoms with Gasteiger partial charge >= 0.3 is 0 Å². The van der Waals surface area contributed by atoms with Crippen molar-refractivity contribution in [1.29, 1.82) is 0 Å². The fraction of sp³-hybridized carbons (Fsp3) is 0.588. The number of hydrogen-bond donors (Lipinski definition) is 4. The zero-order valence-corrected chi connectivity index (χ0v) is 15.2. The molecule has 1 fully saturated rings. The molecule has 3 rings (SSSR count). The smallest absolute Gasteiger partial charge is 0.226 e. The van der Waals surface area contributed by atoms with Crippen molar-refractivity contribution in [2.75, 3.05) is 11.9 Å². The zero-order valence-electron chi connectivity index (χ0n) is 15.2. The number of carbonyl (C=O) groups is 1. The highest BCUT2D eigenvalue weighted by Crippen LogP contribution is 2.41. The minimum atomic E-state index is -1.66. The molecule has 9 heteroatoms. The van der Waals surface area contributed by atoms with Gasteiger partial charge in [-0.2, -0.15) is 0 Å². The minimum absolute atomic E-state index is 0.167. The van der Waals surface area contributed by atoms with Crippen LogP contribution in [0.1, 0.15) is 32.7 Å². The molecular formula is C17H24N4O5. The zero-order chi connectivity index (χ0) is 19.2. The Morgan fingerprint density at radius 1 is 1.46 bits per heavy atom. The van der Waals surface area contributed by atoms with Crippen LogP contribution in [-0.2, 0) is 9.53 Å². The molecule has 1 aliphatic heterocycles. The summed E-state index contributed by atoms with van der Waals surface area (Å²) in [4.78, 5) is 20.6. The fourth-order valence-corrected chi connectivity index (χ4v) is 3.18. The summed E-state index contributed by atoms with van der Waals surface area (Å²) in [6, 6.07) is 0. The second kappa shape index (κ2) is 6.58. The van der Waals surface area contributed by atoms with Crippen molar-refractivity contribution in [2.45, 2.75) is 51.7 Å². The van der Waals surface area contributed by atoms with Crippen LogP contribution in [0.25, 0.3) is 11.0 Å². The number of fused-ring (bicyclic) bond motifs is 1. The van der Waals surface area contributed by atoms with Gasteiger partial charge in [0.25, 0.3) is 0 Å². The van der Waals surface area contributed by atoms with Crippen LogP contribution in [0.2, 0.25) is 0 Å². The van der Waals surface area contributed by atoms with Crippen molar-refractivity contribution in [1.82, 2.24) is 14.5 Å². The van der Waals surface area contributed by atoms with Gasteiger partial charge in [-0.25, -0.2) is 9.97 Å². The van der Waals surface area contributed by atoms with Crippen molar-refractivity contribution in [2.24, 2.45) is 5.92 Å². The number of ether oxygens (including phenoxy) is 1. The van der Waals surface area contributed by atoms with E-state index in [0.717, 1.165) is 0 Å². The molecule has 4 atom stereocenters. The lowest BCUT2D eigenvalue weighted by Gasteiger charge is -2.27. The van der Waals surface area contributed by atoms with Crippen molar-refractivity contribution >= 4 is 22.6 Å². The average Bonchev–Trinajstić information content (AvgIpc) is 3.04. The van der Waals surface area contributed by atoms with Gasteiger partial charge in [0, 0.05) is 12.1 Å². The number of aromatic nitrogens is 3. The fourth-order valence-electron chi connectivity index (χ4n) is 3.18. The average molecular weight is 364 g/mol. The number of aryl methyl sites for hydroxylation is 1. The molecule has 1 amide bonds. The number of nitrogens with zero attached hydrogens (tertiary/aromatic N) is 3. The van der Waals surface area contributed by atoms with E-state index in [2.05, 4.69) is 15.3 Å². The van der Waals surface area contributed by atoms with Crippen molar-refractivity contribution in [3.05, 3.63) is 18.2 Å². The Morgan fingerprint density at radius 2 is 2.15 bits per heavy atom. The molecule has 0 saturated carbocycles. The highest BCUT2D eigenvalue weighted by atomic mass is 16.6. The SMILES string of the molecule is Cc1ncnc2c1c(NC(=O)C(C)C)cn2C1OC(CO)C(O)C1(C)O. The number of aliphatic hydroxyl groups excluding tert-OH is 2. The van der Waals surface area contributed by atoms with Crippen LogP contribution in [0.3, 0.4) is 0 Å². The second-order valence-corrected chi connectivity index (χ2v) is 7.13. The van der Waals surface area contributed by atoms with E-state index in [1.807, 2.05) is 0 Å². The Labute approximate surface area is 150 Å². The maximum atomic E-state index is 12.2. The van der Waals surface area contributed by atoms with Gasteiger partial charge in [-0.15, -0.1) is 0 Å². The van der Waals surface area contributed by atoms with E-state index >= 15 is 0 Å². The number of nitrogens with one attached hydrogen (secondary N) is 1. The Kier molecular flexibility index (Phi) is 4.74. The maximum absolute atomic E-state index is 12.2. The van der Waals surface area contributed by atoms with Crippen LogP contribution in [-0.4, -0.2) is 60.2 Å². The van der Waals surface area contributed by atoms with E-state index in [-0.39, 0.29) is 11.8 Å². The molecule has 26 heavy (non-hydrogen) atoms. The normalized spacial score (nSPS) is 28.8. The third-order valence-corrected chi connectivity index (χ3v) is 4.77. The van der Waals surface area contributed by atoms with Gasteiger partial charge in [0.15, 0.2) is 6.23 Å². The highest BCUT2D eigenvalue weighted by molar-refractivity contribution is 6.02. The first-order valence-corrected chi connectivity index (χ1v) is 8.48. The Morgan fingerprint density at radius 3 is 2.73 bits per heavy atom. The van der Waals surface area contributed by atoms with Crippen molar-refractivity contribution in [3.63, 3.8) is 0 Å². The molecular weight excluding hydrogens is 340 g/mol. The quantitative estimate of drug-likeness (QED) is 0.615. The predicted octanol–water partition coefficient (Wildman–Crippen LogP) is 0.336. The number of hydrogen-bond acceptors (Lipinski definition) is 7. The summed E-state index contributed by atoms with van der Waals surface area (Å²) in [5.41, 5.74) is -0.0483. The topological polar surface area (TPSA) is 130 Å². The first kappa shape index (κ1) is 18.7. The first-order valence-electron chi connectivity index (χ1n) is 8.48. The van der Waals surface area contributed by atoms with Gasteiger partial charge in [-0.3, -0.25) is 4.79 Å². The molecule has 2 aromatic heterocycles. The number of carbonyl (C=O) groups excluding carboxylic acids is 1. The minimum Gasteiger partial charge on any atom is -0.394 e. The number of amides is 1. The molecule has 1 aliphatic rings. The molecule has 0 spiro atoms. The Balaban J connectivity index is 2.13. The van der Waals surface area contributed by atoms with Crippen molar-refractivity contribution < 1.29 is 24.9 Å². The molecule has 0 aromatic carbocycles. The lowest BCUT2D eigenvalue weighted by Crippen LogP contribution is -2.44. The van der Waals surface area contributed by atoms with Gasteiger partial charge in [0.1, 0.15) is 29.8 Å². The van der Waals surface area contributed by atoms with E-state index in [9.17, 15) is 20.1 Å². The maximum Gasteiger partial charge on any atom is 0.226 e. The van der Waals surface area contributed by atoms with Gasteiger partial charge < -0.3 is 29.9 Å². The second-order valence-electron chi connectivity index (χ2n) is 7.13. The van der Waals surface area contributed by atoms with E-state index < -0.39 is 30.6 Å². The number of aliphatic hydroxyl groups is 3. The molecule has 1 saturated heterocycles. The number of anilines is 1. The van der Waals surface area contributed by atoms with E-state index in [1.165, 1.54) is 13.3 Å². The third-order valence-electron chi connectivity index (χ3n) is 4.77. The summed E-state index contributed by atoms with van der Waals surface area (Å²) in [5.74, 6) is -0.385. The van der Waals surface area contributed by atoms with Gasteiger partial charge in [0.05, 0.1) is 23.4 Å². The molecule has 4 N–H and O–H groups in total. The van der Waals surface area contributed by atoms with Crippen LogP contribution in [0.4, 0.5) is 5.69 Å². The predicted molar refractivity (Wildman–Crippen MR) is 93.4 cm³/mol. The Hall–Kier alpha value is -2.07. The van der Waals surface area contributed by atoms with Crippen LogP contribution in [0.15, 0.2) is 12.5 Å². The van der Waals surface area contributed by atoms with Crippen molar-refractivity contribution in [3.8, 4) is 0 Å². The molecule has 4 unspecified atom stereocenters. The van der Waals surface area contributed by atoms with Crippen LogP contribution >= 0.6 is 0 Å². The summed E-state index contributed by atoms with van der Waals surface area (Å²) in [6.07, 6.45) is -0.198. The lowest BCUT2D eigenvalue weighted by molar-refractivity contribution is -0.118. The molecule has 0 radical (unpaired) electrons. The molecule has 0 aliphatic carbocycles. The molecule has 142 valence electrons. The van der Waals surface area contributed by atoms with Crippen LogP contribution in [0.5, 0.6) is 0 Å². The van der Waals surface area contributed by atoms with E-state index in [4.69, 9.17) is 4.74 Å². The largest absolute Gasteiger partial charge is 0.394 e. The summed E-state index contributed by atoms with van der Waals surface area (Å²) in [5, 5.41) is 33.9. The van der Waals surface area contributed by atoms with E-state index in [1.54, 1.807) is 31.5 Å².